The van der Waals surface area contributed by atoms with Crippen LogP contribution in [-0.2, 0) is 57.0 Å². The number of ether oxygens (including phenoxy) is 10. The van der Waals surface area contributed by atoms with Crippen molar-refractivity contribution in [3.8, 4) is 0 Å². The molecule has 17 N–H and O–H groups in total. The summed E-state index contributed by atoms with van der Waals surface area (Å²) in [6.07, 6.45) is -5.19. The standard InChI is InChI=1S/C72H132N2O27/c1-5-7-9-11-13-15-17-19-20-21-22-23-24-26-28-30-32-34-36-38-52(81)74-46(47(80)37-35-33-31-29-27-25-18-16-14-12-10-8-6-2)43-92-69-62(90)59(87)64(50(41-77)97-69)98-72-63(91)67(56(84)49(40-76)95-72)101-68-53(73-45(4)79)66(100-71-61(89)58(86)55(83)48(39-75)94-71)65(51(42-78)96-68)99-70-60(88)57(85)54(82)44(3)93-70/h35,37,44,46-51,53-72,75-78,80,82-91H,5-34,36,38-43H2,1-4H3,(H,73,79)(H,74,81)/b37-35+/t44?,46-,47+,48?,49?,50?,51?,53?,54+,55-,56-,57?,58-,59+,60-,61?,62?,63?,64+,65+,66+,67-,68-,69+,70+,71-,72-/m0/s1. The van der Waals surface area contributed by atoms with Crippen molar-refractivity contribution >= 4 is 11.8 Å². The molecule has 0 saturated carbocycles. The number of allylic oxidation sites excluding steroid dienone is 1. The van der Waals surface area contributed by atoms with Gasteiger partial charge in [0.15, 0.2) is 31.5 Å². The predicted molar refractivity (Wildman–Crippen MR) is 367 cm³/mol. The van der Waals surface area contributed by atoms with E-state index in [1.165, 1.54) is 142 Å². The van der Waals surface area contributed by atoms with E-state index in [-0.39, 0.29) is 12.3 Å². The van der Waals surface area contributed by atoms with E-state index in [1.54, 1.807) is 6.08 Å². The number of hydrogen-bond acceptors (Lipinski definition) is 27. The van der Waals surface area contributed by atoms with E-state index in [0.29, 0.717) is 12.8 Å². The molecule has 0 aromatic carbocycles. The first-order valence-corrected chi connectivity index (χ1v) is 38.3. The molecule has 10 unspecified atom stereocenters. The molecule has 5 aliphatic heterocycles. The van der Waals surface area contributed by atoms with E-state index in [4.69, 9.17) is 47.4 Å². The zero-order valence-corrected chi connectivity index (χ0v) is 60.5. The topological polar surface area (TPSA) is 454 Å². The van der Waals surface area contributed by atoms with Crippen LogP contribution in [0.3, 0.4) is 0 Å². The highest BCUT2D eigenvalue weighted by Gasteiger charge is 2.58. The fraction of sp³-hybridized carbons (Fsp3) is 0.944. The summed E-state index contributed by atoms with van der Waals surface area (Å²) in [5.41, 5.74) is 0. The molecule has 5 aliphatic rings. The molecular formula is C72H132N2O27. The Balaban J connectivity index is 1.23. The van der Waals surface area contributed by atoms with Crippen LogP contribution < -0.4 is 10.6 Å². The van der Waals surface area contributed by atoms with Crippen molar-refractivity contribution in [2.24, 2.45) is 0 Å². The van der Waals surface area contributed by atoms with E-state index in [9.17, 15) is 86.2 Å². The average molecular weight is 1460 g/mol. The van der Waals surface area contributed by atoms with Crippen LogP contribution in [0.4, 0.5) is 0 Å². The number of carbonyl (C=O) groups is 2. The predicted octanol–water partition coefficient (Wildman–Crippen LogP) is 2.20. The molecule has 0 aliphatic carbocycles. The summed E-state index contributed by atoms with van der Waals surface area (Å²) in [7, 11) is 0. The SMILES string of the molecule is CCCCCCCCCCCCC/C=C/[C@@H](O)[C@H](CO[C@@H]1OC(CO)[C@@H](O[C@@H]2OC(CO)[C@H](O)[C@H](O[C@@H]3OC(CO)[C@@H](O[C@H]4OC(C)[C@@H](O)C(O)[C@@H]4O)[C@H](O[C@@H]4OC(CO)[C@H](O)[C@H](O)C4O)C3NC(C)=O)C2O)[C@H](O)C1O)NC(=O)CCCCCCCCCCCCCCCCCCCCC. The normalized spacial score (nSPS) is 35.4. The molecule has 29 heteroatoms. The molecule has 0 spiro atoms. The van der Waals surface area contributed by atoms with E-state index >= 15 is 0 Å². The summed E-state index contributed by atoms with van der Waals surface area (Å²) in [6.45, 7) is 2.58. The number of nitrogens with one attached hydrogen (secondary N) is 2. The zero-order chi connectivity index (χ0) is 73.8. The summed E-state index contributed by atoms with van der Waals surface area (Å²) in [6, 6.07) is -2.84. The second kappa shape index (κ2) is 49.6. The molecule has 0 bridgehead atoms. The highest BCUT2D eigenvalue weighted by atomic mass is 16.8. The van der Waals surface area contributed by atoms with Gasteiger partial charge in [-0.2, -0.15) is 0 Å². The summed E-state index contributed by atoms with van der Waals surface area (Å²) in [5.74, 6) is -1.17. The van der Waals surface area contributed by atoms with Gasteiger partial charge in [0.25, 0.3) is 0 Å². The average Bonchev–Trinajstić information content (AvgIpc) is 0.766. The lowest BCUT2D eigenvalue weighted by Crippen LogP contribution is -2.71. The van der Waals surface area contributed by atoms with Gasteiger partial charge >= 0.3 is 0 Å². The van der Waals surface area contributed by atoms with Crippen molar-refractivity contribution < 1.29 is 134 Å². The number of hydrogen-bond donors (Lipinski definition) is 17. The molecule has 5 fully saturated rings. The Kier molecular flexibility index (Phi) is 43.9. The molecule has 27 atom stereocenters. The van der Waals surface area contributed by atoms with Crippen molar-refractivity contribution in [2.45, 2.75) is 399 Å². The van der Waals surface area contributed by atoms with Gasteiger partial charge in [-0.05, 0) is 26.2 Å². The second-order valence-electron chi connectivity index (χ2n) is 28.5. The highest BCUT2D eigenvalue weighted by molar-refractivity contribution is 5.76. The first-order valence-electron chi connectivity index (χ1n) is 38.3. The fourth-order valence-electron chi connectivity index (χ4n) is 13.9. The molecule has 29 nitrogen and oxygen atoms in total. The van der Waals surface area contributed by atoms with Crippen LogP contribution in [0.5, 0.6) is 0 Å². The van der Waals surface area contributed by atoms with Gasteiger partial charge in [-0.25, -0.2) is 0 Å². The highest BCUT2D eigenvalue weighted by Crippen LogP contribution is 2.38. The fourth-order valence-corrected chi connectivity index (χ4v) is 13.9. The third-order valence-electron chi connectivity index (χ3n) is 20.2. The lowest BCUT2D eigenvalue weighted by Gasteiger charge is -2.51. The number of unbranched alkanes of at least 4 members (excludes halogenated alkanes) is 29. The lowest BCUT2D eigenvalue weighted by atomic mass is 9.93. The van der Waals surface area contributed by atoms with Crippen LogP contribution in [0.1, 0.15) is 233 Å². The number of aliphatic hydroxyl groups excluding tert-OH is 15. The van der Waals surface area contributed by atoms with Crippen LogP contribution in [0, 0.1) is 0 Å². The Labute approximate surface area is 597 Å². The minimum atomic E-state index is -2.19. The molecule has 0 radical (unpaired) electrons. The molecule has 2 amide bonds. The molecule has 5 heterocycles. The van der Waals surface area contributed by atoms with Crippen molar-refractivity contribution in [3.05, 3.63) is 12.2 Å². The van der Waals surface area contributed by atoms with Crippen molar-refractivity contribution in [3.63, 3.8) is 0 Å². The maximum atomic E-state index is 13.5. The largest absolute Gasteiger partial charge is 0.394 e. The maximum absolute atomic E-state index is 13.5. The van der Waals surface area contributed by atoms with Gasteiger partial charge in [-0.1, -0.05) is 206 Å². The number of aliphatic hydroxyl groups is 15. The minimum Gasteiger partial charge on any atom is -0.394 e. The third-order valence-corrected chi connectivity index (χ3v) is 20.2. The molecule has 592 valence electrons. The first kappa shape index (κ1) is 89.3. The van der Waals surface area contributed by atoms with Crippen molar-refractivity contribution in [1.29, 1.82) is 0 Å². The second-order valence-corrected chi connectivity index (χ2v) is 28.5. The van der Waals surface area contributed by atoms with Gasteiger partial charge in [-0.3, -0.25) is 9.59 Å². The van der Waals surface area contributed by atoms with Crippen molar-refractivity contribution in [2.75, 3.05) is 33.0 Å². The van der Waals surface area contributed by atoms with Crippen molar-refractivity contribution in [1.82, 2.24) is 10.6 Å². The molecule has 5 rings (SSSR count). The van der Waals surface area contributed by atoms with Crippen LogP contribution >= 0.6 is 0 Å². The maximum Gasteiger partial charge on any atom is 0.220 e. The summed E-state index contributed by atoms with van der Waals surface area (Å²) in [5, 5.41) is 171. The van der Waals surface area contributed by atoms with Gasteiger partial charge in [0, 0.05) is 13.3 Å². The monoisotopic (exact) mass is 1460 g/mol. The van der Waals surface area contributed by atoms with Gasteiger partial charge in [-0.15, -0.1) is 0 Å². The quantitative estimate of drug-likeness (QED) is 0.0306. The number of carbonyl (C=O) groups excluding carboxylic acids is 2. The summed E-state index contributed by atoms with van der Waals surface area (Å²) < 4.78 is 59.8. The van der Waals surface area contributed by atoms with Gasteiger partial charge in [0.2, 0.25) is 11.8 Å². The van der Waals surface area contributed by atoms with Crippen LogP contribution in [0.2, 0.25) is 0 Å². The van der Waals surface area contributed by atoms with Gasteiger partial charge < -0.3 is 135 Å². The Hall–Kier alpha value is -2.32. The number of amides is 2. The van der Waals surface area contributed by atoms with E-state index in [1.807, 2.05) is 6.08 Å². The van der Waals surface area contributed by atoms with Crippen LogP contribution in [0.15, 0.2) is 12.2 Å². The Morgan fingerprint density at radius 2 is 0.792 bits per heavy atom. The van der Waals surface area contributed by atoms with E-state index < -0.39 is 205 Å². The summed E-state index contributed by atoms with van der Waals surface area (Å²) in [4.78, 5) is 26.7. The third kappa shape index (κ3) is 29.3. The molecule has 101 heavy (non-hydrogen) atoms. The molecule has 0 aromatic rings. The minimum absolute atomic E-state index is 0.191. The Bertz CT molecular complexity index is 2200. The zero-order valence-electron chi connectivity index (χ0n) is 60.5. The lowest BCUT2D eigenvalue weighted by molar-refractivity contribution is -0.391. The summed E-state index contributed by atoms with van der Waals surface area (Å²) >= 11 is 0. The Morgan fingerprint density at radius 3 is 1.29 bits per heavy atom. The van der Waals surface area contributed by atoms with E-state index in [0.717, 1.165) is 58.3 Å². The Morgan fingerprint density at radius 1 is 0.406 bits per heavy atom. The first-order chi connectivity index (χ1) is 48.7. The smallest absolute Gasteiger partial charge is 0.220 e. The van der Waals surface area contributed by atoms with E-state index in [2.05, 4.69) is 24.5 Å². The van der Waals surface area contributed by atoms with Crippen LogP contribution in [0.25, 0.3) is 0 Å². The number of rotatable bonds is 51. The van der Waals surface area contributed by atoms with Crippen LogP contribution in [-0.4, -0.2) is 287 Å². The molecule has 5 saturated heterocycles. The molecular weight excluding hydrogens is 1320 g/mol. The van der Waals surface area contributed by atoms with Gasteiger partial charge in [0.05, 0.1) is 51.3 Å². The van der Waals surface area contributed by atoms with Gasteiger partial charge in [0.1, 0.15) is 116 Å². The molecule has 0 aromatic heterocycles.